The zero-order valence-corrected chi connectivity index (χ0v) is 15.4. The number of hydrogen-bond donors (Lipinski definition) is 2. The molecule has 0 saturated carbocycles. The van der Waals surface area contributed by atoms with Crippen molar-refractivity contribution in [3.8, 4) is 0 Å². The standard InChI is InChI=1S/C17H25N7O2/c1-12-7-15(18-2)21-17(20-12)23-5-4-6-24-14(10-23)8-13(22-24)9-19-16(25)11-26-3/h7-8H,4-6,9-11H2,1-3H3,(H,19,25)(H,18,20,21). The summed E-state index contributed by atoms with van der Waals surface area (Å²) in [6, 6.07) is 3.95. The normalized spacial score (nSPS) is 13.9. The van der Waals surface area contributed by atoms with Crippen molar-refractivity contribution in [3.05, 3.63) is 29.2 Å². The highest BCUT2D eigenvalue weighted by Crippen LogP contribution is 2.20. The minimum Gasteiger partial charge on any atom is -0.375 e. The molecule has 0 radical (unpaired) electrons. The Morgan fingerprint density at radius 3 is 2.92 bits per heavy atom. The van der Waals surface area contributed by atoms with Crippen molar-refractivity contribution >= 4 is 17.7 Å². The van der Waals surface area contributed by atoms with Gasteiger partial charge in [0, 0.05) is 39.0 Å². The lowest BCUT2D eigenvalue weighted by Crippen LogP contribution is -2.27. The van der Waals surface area contributed by atoms with Gasteiger partial charge in [-0.2, -0.15) is 10.1 Å². The molecule has 1 aliphatic rings. The molecule has 0 unspecified atom stereocenters. The van der Waals surface area contributed by atoms with E-state index < -0.39 is 0 Å². The van der Waals surface area contributed by atoms with Crippen LogP contribution in [0.1, 0.15) is 23.5 Å². The highest BCUT2D eigenvalue weighted by Gasteiger charge is 2.19. The van der Waals surface area contributed by atoms with Crippen molar-refractivity contribution in [2.24, 2.45) is 0 Å². The van der Waals surface area contributed by atoms with E-state index in [4.69, 9.17) is 4.74 Å². The van der Waals surface area contributed by atoms with Gasteiger partial charge in [-0.15, -0.1) is 0 Å². The number of anilines is 2. The summed E-state index contributed by atoms with van der Waals surface area (Å²) in [7, 11) is 3.35. The van der Waals surface area contributed by atoms with Gasteiger partial charge in [0.1, 0.15) is 12.4 Å². The third-order valence-electron chi connectivity index (χ3n) is 4.19. The fourth-order valence-electron chi connectivity index (χ4n) is 2.97. The van der Waals surface area contributed by atoms with Crippen LogP contribution in [0.5, 0.6) is 0 Å². The number of aryl methyl sites for hydroxylation is 2. The number of ether oxygens (including phenoxy) is 1. The third kappa shape index (κ3) is 4.29. The highest BCUT2D eigenvalue weighted by atomic mass is 16.5. The van der Waals surface area contributed by atoms with Crippen LogP contribution in [0.4, 0.5) is 11.8 Å². The SMILES string of the molecule is CNc1cc(C)nc(N2CCCn3nc(CNC(=O)COC)cc3C2)n1. The Hall–Kier alpha value is -2.68. The van der Waals surface area contributed by atoms with Crippen molar-refractivity contribution in [1.29, 1.82) is 0 Å². The summed E-state index contributed by atoms with van der Waals surface area (Å²) in [5.74, 6) is 1.39. The maximum Gasteiger partial charge on any atom is 0.246 e. The molecule has 3 rings (SSSR count). The van der Waals surface area contributed by atoms with Gasteiger partial charge in [0.25, 0.3) is 0 Å². The summed E-state index contributed by atoms with van der Waals surface area (Å²) < 4.78 is 6.82. The predicted octanol–water partition coefficient (Wildman–Crippen LogP) is 0.696. The molecule has 0 saturated heterocycles. The summed E-state index contributed by atoms with van der Waals surface area (Å²) in [5.41, 5.74) is 2.86. The van der Waals surface area contributed by atoms with E-state index in [1.165, 1.54) is 7.11 Å². The van der Waals surface area contributed by atoms with Gasteiger partial charge in [-0.05, 0) is 19.4 Å². The number of nitrogens with one attached hydrogen (secondary N) is 2. The number of rotatable bonds is 6. The third-order valence-corrected chi connectivity index (χ3v) is 4.19. The summed E-state index contributed by atoms with van der Waals surface area (Å²) in [5, 5.41) is 10.5. The zero-order valence-electron chi connectivity index (χ0n) is 15.4. The van der Waals surface area contributed by atoms with Crippen molar-refractivity contribution in [3.63, 3.8) is 0 Å². The zero-order chi connectivity index (χ0) is 18.5. The minimum atomic E-state index is -0.148. The summed E-state index contributed by atoms with van der Waals surface area (Å²) >= 11 is 0. The molecule has 3 heterocycles. The first-order chi connectivity index (χ1) is 12.6. The molecule has 9 heteroatoms. The highest BCUT2D eigenvalue weighted by molar-refractivity contribution is 5.77. The average Bonchev–Trinajstić information content (AvgIpc) is 2.90. The lowest BCUT2D eigenvalue weighted by molar-refractivity contribution is -0.124. The molecule has 140 valence electrons. The first kappa shape index (κ1) is 18.1. The van der Waals surface area contributed by atoms with Crippen molar-refractivity contribution < 1.29 is 9.53 Å². The average molecular weight is 359 g/mol. The molecule has 2 aromatic heterocycles. The molecule has 0 aromatic carbocycles. The Kier molecular flexibility index (Phi) is 5.67. The molecule has 0 bridgehead atoms. The van der Waals surface area contributed by atoms with E-state index in [1.54, 1.807) is 0 Å². The molecule has 2 aromatic rings. The maximum atomic E-state index is 11.5. The van der Waals surface area contributed by atoms with Gasteiger partial charge in [-0.3, -0.25) is 9.48 Å². The first-order valence-corrected chi connectivity index (χ1v) is 8.68. The molecule has 0 fully saturated rings. The number of amides is 1. The smallest absolute Gasteiger partial charge is 0.246 e. The van der Waals surface area contributed by atoms with E-state index in [1.807, 2.05) is 30.8 Å². The molecule has 0 atom stereocenters. The van der Waals surface area contributed by atoms with Crippen molar-refractivity contribution in [1.82, 2.24) is 25.1 Å². The molecule has 0 aliphatic carbocycles. The Bertz CT molecular complexity index is 774. The molecule has 9 nitrogen and oxygen atoms in total. The molecule has 26 heavy (non-hydrogen) atoms. The van der Waals surface area contributed by atoms with Crippen molar-refractivity contribution in [2.75, 3.05) is 37.5 Å². The largest absolute Gasteiger partial charge is 0.375 e. The van der Waals surface area contributed by atoms with Gasteiger partial charge in [-0.25, -0.2) is 4.98 Å². The van der Waals surface area contributed by atoms with Crippen LogP contribution in [0.3, 0.4) is 0 Å². The monoisotopic (exact) mass is 359 g/mol. The van der Waals surface area contributed by atoms with Gasteiger partial charge in [0.2, 0.25) is 11.9 Å². The van der Waals surface area contributed by atoms with Crippen molar-refractivity contribution in [2.45, 2.75) is 33.0 Å². The number of nitrogens with zero attached hydrogens (tertiary/aromatic N) is 5. The fraction of sp³-hybridized carbons (Fsp3) is 0.529. The lowest BCUT2D eigenvalue weighted by atomic mass is 10.3. The minimum absolute atomic E-state index is 0.0554. The fourth-order valence-corrected chi connectivity index (χ4v) is 2.97. The second-order valence-electron chi connectivity index (χ2n) is 6.28. The van der Waals surface area contributed by atoms with E-state index in [0.717, 1.165) is 48.4 Å². The van der Waals surface area contributed by atoms with Crippen LogP contribution < -0.4 is 15.5 Å². The van der Waals surface area contributed by atoms with E-state index in [2.05, 4.69) is 30.6 Å². The topological polar surface area (TPSA) is 97.2 Å². The quantitative estimate of drug-likeness (QED) is 0.783. The van der Waals surface area contributed by atoms with Crippen LogP contribution in [-0.2, 0) is 29.2 Å². The van der Waals surface area contributed by atoms with Gasteiger partial charge in [-0.1, -0.05) is 0 Å². The number of fused-ring (bicyclic) bond motifs is 1. The first-order valence-electron chi connectivity index (χ1n) is 8.68. The Balaban J connectivity index is 1.73. The van der Waals surface area contributed by atoms with Crippen LogP contribution >= 0.6 is 0 Å². The van der Waals surface area contributed by atoms with E-state index >= 15 is 0 Å². The molecular formula is C17H25N7O2. The van der Waals surface area contributed by atoms with E-state index in [-0.39, 0.29) is 12.5 Å². The van der Waals surface area contributed by atoms with Gasteiger partial charge in [0.15, 0.2) is 0 Å². The van der Waals surface area contributed by atoms with E-state index in [0.29, 0.717) is 13.1 Å². The van der Waals surface area contributed by atoms with Crippen LogP contribution in [0.2, 0.25) is 0 Å². The number of aromatic nitrogens is 4. The van der Waals surface area contributed by atoms with Crippen LogP contribution in [0, 0.1) is 6.92 Å². The number of carbonyl (C=O) groups is 1. The number of methoxy groups -OCH3 is 1. The Labute approximate surface area is 152 Å². The second-order valence-corrected chi connectivity index (χ2v) is 6.28. The predicted molar refractivity (Wildman–Crippen MR) is 97.9 cm³/mol. The molecule has 0 spiro atoms. The van der Waals surface area contributed by atoms with Gasteiger partial charge in [0.05, 0.1) is 24.5 Å². The Morgan fingerprint density at radius 1 is 1.31 bits per heavy atom. The van der Waals surface area contributed by atoms with Crippen LogP contribution in [-0.4, -0.2) is 53.0 Å². The van der Waals surface area contributed by atoms with E-state index in [9.17, 15) is 4.79 Å². The summed E-state index contributed by atoms with van der Waals surface area (Å²) in [6.45, 7) is 4.81. The molecule has 2 N–H and O–H groups in total. The number of hydrogen-bond acceptors (Lipinski definition) is 7. The lowest BCUT2D eigenvalue weighted by Gasteiger charge is -2.20. The second kappa shape index (κ2) is 8.13. The van der Waals surface area contributed by atoms with Gasteiger partial charge >= 0.3 is 0 Å². The molecule has 1 aliphatic heterocycles. The maximum absolute atomic E-state index is 11.5. The summed E-state index contributed by atoms with van der Waals surface area (Å²) in [6.07, 6.45) is 0.955. The molecule has 1 amide bonds. The van der Waals surface area contributed by atoms with Crippen LogP contribution in [0.25, 0.3) is 0 Å². The Morgan fingerprint density at radius 2 is 2.15 bits per heavy atom. The molecular weight excluding hydrogens is 334 g/mol. The number of carbonyl (C=O) groups excluding carboxylic acids is 1. The van der Waals surface area contributed by atoms with Gasteiger partial charge < -0.3 is 20.3 Å². The van der Waals surface area contributed by atoms with Crippen LogP contribution in [0.15, 0.2) is 12.1 Å². The summed E-state index contributed by atoms with van der Waals surface area (Å²) in [4.78, 5) is 22.9.